The van der Waals surface area contributed by atoms with E-state index in [1.54, 1.807) is 35.5 Å². The van der Waals surface area contributed by atoms with Crippen molar-refractivity contribution >= 4 is 39.1 Å². The molecule has 8 heteroatoms. The van der Waals surface area contributed by atoms with Crippen molar-refractivity contribution in [2.75, 3.05) is 5.43 Å². The van der Waals surface area contributed by atoms with Crippen LogP contribution >= 0.6 is 23.1 Å². The zero-order valence-electron chi connectivity index (χ0n) is 11.1. The number of aromatic nitrogens is 4. The fraction of sp³-hybridized carbons (Fsp3) is 0.250. The summed E-state index contributed by atoms with van der Waals surface area (Å²) in [7, 11) is 0. The Bertz CT molecular complexity index is 734. The van der Waals surface area contributed by atoms with Crippen molar-refractivity contribution in [3.05, 3.63) is 28.7 Å². The molecule has 0 saturated carbocycles. The van der Waals surface area contributed by atoms with Crippen molar-refractivity contribution in [3.63, 3.8) is 0 Å². The van der Waals surface area contributed by atoms with Gasteiger partial charge in [-0.25, -0.2) is 20.8 Å². The van der Waals surface area contributed by atoms with Crippen LogP contribution in [0.2, 0.25) is 0 Å². The predicted molar refractivity (Wildman–Crippen MR) is 82.8 cm³/mol. The number of imidazole rings is 1. The summed E-state index contributed by atoms with van der Waals surface area (Å²) in [5.74, 6) is 7.67. The summed E-state index contributed by atoms with van der Waals surface area (Å²) in [5, 5.41) is 1.87. The molecule has 0 aliphatic carbocycles. The maximum atomic E-state index is 5.59. The third-order valence-corrected chi connectivity index (χ3v) is 5.02. The van der Waals surface area contributed by atoms with E-state index in [9.17, 15) is 0 Å². The third-order valence-electron chi connectivity index (χ3n) is 3.02. The van der Waals surface area contributed by atoms with Gasteiger partial charge in [-0.3, -0.25) is 0 Å². The molecule has 20 heavy (non-hydrogen) atoms. The van der Waals surface area contributed by atoms with Crippen LogP contribution in [0.15, 0.2) is 17.6 Å². The smallest absolute Gasteiger partial charge is 0.165 e. The first-order valence-corrected chi connectivity index (χ1v) is 7.84. The SMILES string of the molecule is Cc1sc2nc(CSc3ncc[nH]3)nc(NN)c2c1C. The van der Waals surface area contributed by atoms with Crippen LogP contribution in [0.25, 0.3) is 10.2 Å². The van der Waals surface area contributed by atoms with Gasteiger partial charge in [-0.2, -0.15) is 0 Å². The molecule has 0 saturated heterocycles. The summed E-state index contributed by atoms with van der Waals surface area (Å²) in [5.41, 5.74) is 3.86. The number of nitrogens with two attached hydrogens (primary N) is 1. The van der Waals surface area contributed by atoms with E-state index in [0.29, 0.717) is 11.6 Å². The van der Waals surface area contributed by atoms with E-state index < -0.39 is 0 Å². The number of H-pyrrole nitrogens is 1. The number of hydrogen-bond donors (Lipinski definition) is 3. The molecule has 3 aromatic heterocycles. The van der Waals surface area contributed by atoms with Gasteiger partial charge in [0.25, 0.3) is 0 Å². The largest absolute Gasteiger partial charge is 0.340 e. The van der Waals surface area contributed by atoms with Gasteiger partial charge in [0.1, 0.15) is 10.7 Å². The molecule has 0 spiro atoms. The zero-order chi connectivity index (χ0) is 14.1. The van der Waals surface area contributed by atoms with Crippen LogP contribution in [0.3, 0.4) is 0 Å². The summed E-state index contributed by atoms with van der Waals surface area (Å²) in [6, 6.07) is 0. The van der Waals surface area contributed by atoms with Gasteiger partial charge in [-0.1, -0.05) is 11.8 Å². The number of aryl methyl sites for hydroxylation is 2. The second-order valence-electron chi connectivity index (χ2n) is 4.28. The summed E-state index contributed by atoms with van der Waals surface area (Å²) in [6.45, 7) is 4.15. The highest BCUT2D eigenvalue weighted by Crippen LogP contribution is 2.33. The average molecular weight is 306 g/mol. The Hall–Kier alpha value is -1.64. The van der Waals surface area contributed by atoms with Gasteiger partial charge in [0, 0.05) is 17.3 Å². The van der Waals surface area contributed by atoms with Gasteiger partial charge in [0.2, 0.25) is 0 Å². The van der Waals surface area contributed by atoms with Crippen LogP contribution in [0, 0.1) is 13.8 Å². The molecule has 0 radical (unpaired) electrons. The maximum absolute atomic E-state index is 5.59. The minimum atomic E-state index is 0.647. The summed E-state index contributed by atoms with van der Waals surface area (Å²) in [6.07, 6.45) is 3.52. The number of thioether (sulfide) groups is 1. The standard InChI is InChI=1S/C12H14N6S2/c1-6-7(2)20-11-9(6)10(18-13)16-8(17-11)5-19-12-14-3-4-15-12/h3-4H,5,13H2,1-2H3,(H,14,15)(H,16,17,18). The molecule has 104 valence electrons. The van der Waals surface area contributed by atoms with Crippen molar-refractivity contribution in [2.45, 2.75) is 24.8 Å². The lowest BCUT2D eigenvalue weighted by molar-refractivity contribution is 1.03. The number of thiophene rings is 1. The topological polar surface area (TPSA) is 92.5 Å². The second kappa shape index (κ2) is 5.39. The lowest BCUT2D eigenvalue weighted by Gasteiger charge is -2.05. The molecule has 0 bridgehead atoms. The number of aromatic amines is 1. The van der Waals surface area contributed by atoms with Crippen LogP contribution < -0.4 is 11.3 Å². The van der Waals surface area contributed by atoms with Gasteiger partial charge in [-0.05, 0) is 19.4 Å². The van der Waals surface area contributed by atoms with Crippen LogP contribution in [0.5, 0.6) is 0 Å². The van der Waals surface area contributed by atoms with Crippen molar-refractivity contribution in [3.8, 4) is 0 Å². The highest BCUT2D eigenvalue weighted by Gasteiger charge is 2.14. The Morgan fingerprint density at radius 3 is 2.95 bits per heavy atom. The van der Waals surface area contributed by atoms with Crippen LogP contribution in [0.1, 0.15) is 16.3 Å². The number of rotatable bonds is 4. The normalized spacial score (nSPS) is 11.2. The fourth-order valence-electron chi connectivity index (χ4n) is 1.93. The molecule has 3 heterocycles. The highest BCUT2D eigenvalue weighted by molar-refractivity contribution is 7.98. The lowest BCUT2D eigenvalue weighted by atomic mass is 10.2. The number of nitrogens with zero attached hydrogens (tertiary/aromatic N) is 3. The summed E-state index contributed by atoms with van der Waals surface area (Å²) >= 11 is 3.23. The molecule has 0 unspecified atom stereocenters. The summed E-state index contributed by atoms with van der Waals surface area (Å²) < 4.78 is 0. The van der Waals surface area contributed by atoms with Crippen molar-refractivity contribution in [1.82, 2.24) is 19.9 Å². The predicted octanol–water partition coefficient (Wildman–Crippen LogP) is 2.61. The first-order valence-electron chi connectivity index (χ1n) is 6.04. The first-order chi connectivity index (χ1) is 9.69. The number of hydrazine groups is 1. The number of nitrogens with one attached hydrogen (secondary N) is 2. The minimum Gasteiger partial charge on any atom is -0.340 e. The van der Waals surface area contributed by atoms with E-state index in [0.717, 1.165) is 21.2 Å². The van der Waals surface area contributed by atoms with E-state index >= 15 is 0 Å². The third kappa shape index (κ3) is 2.37. The van der Waals surface area contributed by atoms with E-state index in [1.165, 1.54) is 10.4 Å². The molecule has 0 atom stereocenters. The molecular formula is C12H14N6S2. The highest BCUT2D eigenvalue weighted by atomic mass is 32.2. The zero-order valence-corrected chi connectivity index (χ0v) is 12.7. The Morgan fingerprint density at radius 1 is 1.40 bits per heavy atom. The number of nitrogen functional groups attached to an aromatic ring is 1. The molecule has 0 amide bonds. The molecule has 0 aliphatic rings. The van der Waals surface area contributed by atoms with Crippen molar-refractivity contribution < 1.29 is 0 Å². The van der Waals surface area contributed by atoms with Gasteiger partial charge in [0.15, 0.2) is 11.0 Å². The van der Waals surface area contributed by atoms with Gasteiger partial charge < -0.3 is 10.4 Å². The maximum Gasteiger partial charge on any atom is 0.165 e. The summed E-state index contributed by atoms with van der Waals surface area (Å²) in [4.78, 5) is 18.5. The van der Waals surface area contributed by atoms with Gasteiger partial charge in [0.05, 0.1) is 11.1 Å². The van der Waals surface area contributed by atoms with E-state index in [2.05, 4.69) is 39.2 Å². The van der Waals surface area contributed by atoms with E-state index in [-0.39, 0.29) is 0 Å². The molecule has 3 rings (SSSR count). The Labute approximate surface area is 124 Å². The fourth-order valence-corrected chi connectivity index (χ4v) is 3.66. The number of hydrogen-bond acceptors (Lipinski definition) is 7. The van der Waals surface area contributed by atoms with E-state index in [1.807, 2.05) is 0 Å². The molecule has 0 aromatic carbocycles. The van der Waals surface area contributed by atoms with E-state index in [4.69, 9.17) is 5.84 Å². The quantitative estimate of drug-likeness (QED) is 0.390. The number of fused-ring (bicyclic) bond motifs is 1. The van der Waals surface area contributed by atoms with Gasteiger partial charge >= 0.3 is 0 Å². The molecule has 6 nitrogen and oxygen atoms in total. The molecular weight excluding hydrogens is 292 g/mol. The lowest BCUT2D eigenvalue weighted by Crippen LogP contribution is -2.10. The van der Waals surface area contributed by atoms with Crippen LogP contribution in [-0.2, 0) is 5.75 Å². The number of anilines is 1. The first kappa shape index (κ1) is 13.3. The Kier molecular flexibility index (Phi) is 3.60. The second-order valence-corrected chi connectivity index (χ2v) is 6.45. The van der Waals surface area contributed by atoms with Crippen LogP contribution in [-0.4, -0.2) is 19.9 Å². The average Bonchev–Trinajstić information content (AvgIpc) is 3.05. The monoisotopic (exact) mass is 306 g/mol. The van der Waals surface area contributed by atoms with Crippen LogP contribution in [0.4, 0.5) is 5.82 Å². The van der Waals surface area contributed by atoms with Crippen molar-refractivity contribution in [1.29, 1.82) is 0 Å². The Morgan fingerprint density at radius 2 is 2.25 bits per heavy atom. The van der Waals surface area contributed by atoms with Gasteiger partial charge in [-0.15, -0.1) is 11.3 Å². The minimum absolute atomic E-state index is 0.647. The molecule has 4 N–H and O–H groups in total. The molecule has 0 fully saturated rings. The molecule has 0 aliphatic heterocycles. The van der Waals surface area contributed by atoms with Crippen molar-refractivity contribution in [2.24, 2.45) is 5.84 Å². The Balaban J connectivity index is 1.96. The molecule has 3 aromatic rings.